The molecule has 0 spiro atoms. The van der Waals surface area contributed by atoms with Gasteiger partial charge in [0.25, 0.3) is 0 Å². The summed E-state index contributed by atoms with van der Waals surface area (Å²) in [5.74, 6) is 3.38. The Labute approximate surface area is 103 Å². The third-order valence-corrected chi connectivity index (χ3v) is 2.33. The third-order valence-electron chi connectivity index (χ3n) is 2.33. The highest BCUT2D eigenvalue weighted by Crippen LogP contribution is 2.13. The van der Waals surface area contributed by atoms with Crippen LogP contribution in [0.5, 0.6) is 5.75 Å². The van der Waals surface area contributed by atoms with E-state index in [-0.39, 0.29) is 6.10 Å². The van der Waals surface area contributed by atoms with E-state index in [1.165, 1.54) is 0 Å². The van der Waals surface area contributed by atoms with E-state index in [2.05, 4.69) is 11.2 Å². The standard InChI is InChI=1S/C14H19NO2/c1-4-8-15-10-12(2)17-11-13-6-5-7-14(9-13)16-3/h1,5-7,9,12,15H,8,10-11H2,2-3H3. The first-order chi connectivity index (χ1) is 8.26. The lowest BCUT2D eigenvalue weighted by Gasteiger charge is -2.13. The molecule has 3 nitrogen and oxygen atoms in total. The molecule has 0 aliphatic rings. The fourth-order valence-electron chi connectivity index (χ4n) is 1.41. The minimum absolute atomic E-state index is 0.134. The summed E-state index contributed by atoms with van der Waals surface area (Å²) >= 11 is 0. The molecule has 1 rings (SSSR count). The Bertz CT molecular complexity index is 371. The predicted octanol–water partition coefficient (Wildman–Crippen LogP) is 1.82. The molecule has 17 heavy (non-hydrogen) atoms. The maximum atomic E-state index is 5.69. The van der Waals surface area contributed by atoms with Crippen molar-refractivity contribution in [3.63, 3.8) is 0 Å². The minimum atomic E-state index is 0.134. The van der Waals surface area contributed by atoms with Crippen molar-refractivity contribution in [1.29, 1.82) is 0 Å². The zero-order valence-electron chi connectivity index (χ0n) is 10.4. The molecule has 1 atom stereocenters. The first kappa shape index (κ1) is 13.6. The largest absolute Gasteiger partial charge is 0.497 e. The van der Waals surface area contributed by atoms with Crippen molar-refractivity contribution in [1.82, 2.24) is 5.32 Å². The number of terminal acetylenes is 1. The van der Waals surface area contributed by atoms with Crippen LogP contribution in [0.2, 0.25) is 0 Å². The van der Waals surface area contributed by atoms with Gasteiger partial charge in [0.15, 0.2) is 0 Å². The summed E-state index contributed by atoms with van der Waals surface area (Å²) in [4.78, 5) is 0. The van der Waals surface area contributed by atoms with E-state index < -0.39 is 0 Å². The van der Waals surface area contributed by atoms with E-state index >= 15 is 0 Å². The molecule has 0 bridgehead atoms. The average molecular weight is 233 g/mol. The Hall–Kier alpha value is -1.50. The van der Waals surface area contributed by atoms with Crippen LogP contribution in [-0.2, 0) is 11.3 Å². The zero-order valence-corrected chi connectivity index (χ0v) is 10.4. The SMILES string of the molecule is C#CCNCC(C)OCc1cccc(OC)c1. The lowest BCUT2D eigenvalue weighted by Crippen LogP contribution is -2.26. The maximum Gasteiger partial charge on any atom is 0.119 e. The van der Waals surface area contributed by atoms with Gasteiger partial charge in [0.05, 0.1) is 26.4 Å². The lowest BCUT2D eigenvalue weighted by molar-refractivity contribution is 0.0538. The molecule has 0 heterocycles. The van der Waals surface area contributed by atoms with Gasteiger partial charge >= 0.3 is 0 Å². The van der Waals surface area contributed by atoms with Crippen molar-refractivity contribution in [2.75, 3.05) is 20.2 Å². The number of benzene rings is 1. The summed E-state index contributed by atoms with van der Waals surface area (Å²) in [7, 11) is 1.66. The molecular weight excluding hydrogens is 214 g/mol. The summed E-state index contributed by atoms with van der Waals surface area (Å²) in [6.07, 6.45) is 5.28. The second kappa shape index (κ2) is 7.72. The Balaban J connectivity index is 2.31. The molecule has 0 radical (unpaired) electrons. The van der Waals surface area contributed by atoms with Crippen molar-refractivity contribution >= 4 is 0 Å². The van der Waals surface area contributed by atoms with Crippen molar-refractivity contribution in [3.05, 3.63) is 29.8 Å². The van der Waals surface area contributed by atoms with Gasteiger partial charge in [-0.05, 0) is 24.6 Å². The van der Waals surface area contributed by atoms with Crippen LogP contribution in [0, 0.1) is 12.3 Å². The minimum Gasteiger partial charge on any atom is -0.497 e. The van der Waals surface area contributed by atoms with Crippen LogP contribution < -0.4 is 10.1 Å². The molecule has 3 heteroatoms. The van der Waals surface area contributed by atoms with Crippen LogP contribution in [0.25, 0.3) is 0 Å². The van der Waals surface area contributed by atoms with Crippen LogP contribution in [-0.4, -0.2) is 26.3 Å². The molecule has 0 fully saturated rings. The number of methoxy groups -OCH3 is 1. The fourth-order valence-corrected chi connectivity index (χ4v) is 1.41. The van der Waals surface area contributed by atoms with E-state index in [4.69, 9.17) is 15.9 Å². The Morgan fingerprint density at radius 3 is 3.00 bits per heavy atom. The van der Waals surface area contributed by atoms with Crippen LogP contribution in [0.4, 0.5) is 0 Å². The highest BCUT2D eigenvalue weighted by atomic mass is 16.5. The van der Waals surface area contributed by atoms with Gasteiger partial charge in [-0.15, -0.1) is 6.42 Å². The molecule has 1 aromatic carbocycles. The van der Waals surface area contributed by atoms with Gasteiger partial charge in [0.1, 0.15) is 5.75 Å². The van der Waals surface area contributed by atoms with Crippen molar-refractivity contribution in [3.8, 4) is 18.1 Å². The molecule has 0 aromatic heterocycles. The van der Waals surface area contributed by atoms with Crippen LogP contribution in [0.3, 0.4) is 0 Å². The predicted molar refractivity (Wildman–Crippen MR) is 68.9 cm³/mol. The van der Waals surface area contributed by atoms with Crippen molar-refractivity contribution in [2.24, 2.45) is 0 Å². The molecule has 0 aliphatic carbocycles. The first-order valence-corrected chi connectivity index (χ1v) is 5.65. The van der Waals surface area contributed by atoms with E-state index in [9.17, 15) is 0 Å². The molecule has 0 aliphatic heterocycles. The van der Waals surface area contributed by atoms with Crippen LogP contribution in [0.1, 0.15) is 12.5 Å². The summed E-state index contributed by atoms with van der Waals surface area (Å²) in [6.45, 7) is 3.93. The van der Waals surface area contributed by atoms with Crippen LogP contribution in [0.15, 0.2) is 24.3 Å². The summed E-state index contributed by atoms with van der Waals surface area (Å²) in [5, 5.41) is 3.11. The number of ether oxygens (including phenoxy) is 2. The molecule has 0 amide bonds. The van der Waals surface area contributed by atoms with E-state index in [0.29, 0.717) is 13.2 Å². The van der Waals surface area contributed by atoms with Gasteiger partial charge in [-0.3, -0.25) is 0 Å². The smallest absolute Gasteiger partial charge is 0.119 e. The quantitative estimate of drug-likeness (QED) is 0.575. The molecule has 1 N–H and O–H groups in total. The molecular formula is C14H19NO2. The second-order valence-electron chi connectivity index (χ2n) is 3.81. The maximum absolute atomic E-state index is 5.69. The summed E-state index contributed by atoms with van der Waals surface area (Å²) in [5.41, 5.74) is 1.10. The number of rotatable bonds is 7. The first-order valence-electron chi connectivity index (χ1n) is 5.65. The monoisotopic (exact) mass is 233 g/mol. The van der Waals surface area contributed by atoms with E-state index in [1.54, 1.807) is 7.11 Å². The van der Waals surface area contributed by atoms with Crippen molar-refractivity contribution in [2.45, 2.75) is 19.6 Å². The topological polar surface area (TPSA) is 30.5 Å². The van der Waals surface area contributed by atoms with Gasteiger partial charge < -0.3 is 14.8 Å². The molecule has 0 saturated carbocycles. The summed E-state index contributed by atoms with van der Waals surface area (Å²) < 4.78 is 10.8. The van der Waals surface area contributed by atoms with Crippen molar-refractivity contribution < 1.29 is 9.47 Å². The molecule has 0 saturated heterocycles. The van der Waals surface area contributed by atoms with Gasteiger partial charge in [-0.2, -0.15) is 0 Å². The lowest BCUT2D eigenvalue weighted by atomic mass is 10.2. The Kier molecular flexibility index (Phi) is 6.16. The highest BCUT2D eigenvalue weighted by molar-refractivity contribution is 5.27. The highest BCUT2D eigenvalue weighted by Gasteiger charge is 2.02. The van der Waals surface area contributed by atoms with E-state index in [1.807, 2.05) is 31.2 Å². The number of nitrogens with one attached hydrogen (secondary N) is 1. The zero-order chi connectivity index (χ0) is 12.5. The molecule has 92 valence electrons. The number of hydrogen-bond donors (Lipinski definition) is 1. The number of hydrogen-bond acceptors (Lipinski definition) is 3. The Morgan fingerprint density at radius 1 is 1.47 bits per heavy atom. The van der Waals surface area contributed by atoms with Gasteiger partial charge in [-0.1, -0.05) is 18.1 Å². The second-order valence-corrected chi connectivity index (χ2v) is 3.81. The average Bonchev–Trinajstić information content (AvgIpc) is 2.37. The van der Waals surface area contributed by atoms with Crippen LogP contribution >= 0.6 is 0 Å². The van der Waals surface area contributed by atoms with Gasteiger partial charge in [0.2, 0.25) is 0 Å². The van der Waals surface area contributed by atoms with Gasteiger partial charge in [0, 0.05) is 6.54 Å². The Morgan fingerprint density at radius 2 is 2.29 bits per heavy atom. The van der Waals surface area contributed by atoms with Gasteiger partial charge in [-0.25, -0.2) is 0 Å². The normalized spacial score (nSPS) is 11.8. The van der Waals surface area contributed by atoms with E-state index in [0.717, 1.165) is 17.9 Å². The fraction of sp³-hybridized carbons (Fsp3) is 0.429. The molecule has 1 unspecified atom stereocenters. The molecule has 1 aromatic rings. The third kappa shape index (κ3) is 5.39. The summed E-state index contributed by atoms with van der Waals surface area (Å²) in [6, 6.07) is 7.87.